The highest BCUT2D eigenvalue weighted by Gasteiger charge is 2.24. The number of hydrogen-bond donors (Lipinski definition) is 0. The summed E-state index contributed by atoms with van der Waals surface area (Å²) < 4.78 is 2.25. The fourth-order valence-corrected chi connectivity index (χ4v) is 3.39. The van der Waals surface area contributed by atoms with Crippen LogP contribution in [0, 0.1) is 17.2 Å². The SMILES string of the molecule is CC(C#N)Cn1c(C(C)N2CCCCC2)nc2ccccc21. The van der Waals surface area contributed by atoms with Crippen molar-refractivity contribution in [3.05, 3.63) is 30.1 Å². The normalized spacial score (nSPS) is 19.0. The maximum absolute atomic E-state index is 9.19. The number of likely N-dealkylation sites (tertiary alicyclic amines) is 1. The van der Waals surface area contributed by atoms with Gasteiger partial charge in [0.05, 0.1) is 29.1 Å². The van der Waals surface area contributed by atoms with Crippen LogP contribution in [0.1, 0.15) is 45.0 Å². The smallest absolute Gasteiger partial charge is 0.127 e. The summed E-state index contributed by atoms with van der Waals surface area (Å²) in [5.74, 6) is 1.09. The van der Waals surface area contributed by atoms with E-state index in [0.29, 0.717) is 12.6 Å². The third-order valence-electron chi connectivity index (χ3n) is 4.67. The predicted molar refractivity (Wildman–Crippen MR) is 88.3 cm³/mol. The van der Waals surface area contributed by atoms with Crippen LogP contribution in [0.25, 0.3) is 11.0 Å². The molecule has 2 unspecified atom stereocenters. The van der Waals surface area contributed by atoms with Gasteiger partial charge in [-0.2, -0.15) is 5.26 Å². The molecule has 1 aliphatic heterocycles. The lowest BCUT2D eigenvalue weighted by atomic mass is 10.1. The van der Waals surface area contributed by atoms with E-state index >= 15 is 0 Å². The van der Waals surface area contributed by atoms with Crippen molar-refractivity contribution in [2.75, 3.05) is 13.1 Å². The van der Waals surface area contributed by atoms with Crippen LogP contribution >= 0.6 is 0 Å². The standard InChI is InChI=1S/C18H24N4/c1-14(12-19)13-22-17-9-5-4-8-16(17)20-18(22)15(2)21-10-6-3-7-11-21/h4-5,8-9,14-15H,3,6-7,10-11,13H2,1-2H3. The van der Waals surface area contributed by atoms with Crippen molar-refractivity contribution >= 4 is 11.0 Å². The lowest BCUT2D eigenvalue weighted by Gasteiger charge is -2.32. The highest BCUT2D eigenvalue weighted by Crippen LogP contribution is 2.27. The average molecular weight is 296 g/mol. The number of fused-ring (bicyclic) bond motifs is 1. The molecule has 3 rings (SSSR count). The Morgan fingerprint density at radius 2 is 1.91 bits per heavy atom. The molecule has 0 N–H and O–H groups in total. The molecule has 0 radical (unpaired) electrons. The maximum Gasteiger partial charge on any atom is 0.127 e. The van der Waals surface area contributed by atoms with Crippen LogP contribution in [-0.2, 0) is 6.54 Å². The largest absolute Gasteiger partial charge is 0.325 e. The molecule has 2 aromatic rings. The lowest BCUT2D eigenvalue weighted by Crippen LogP contribution is -2.34. The molecule has 22 heavy (non-hydrogen) atoms. The van der Waals surface area contributed by atoms with E-state index < -0.39 is 0 Å². The molecule has 0 bridgehead atoms. The van der Waals surface area contributed by atoms with Gasteiger partial charge in [0.15, 0.2) is 0 Å². The van der Waals surface area contributed by atoms with Crippen molar-refractivity contribution in [2.45, 2.75) is 45.7 Å². The Hall–Kier alpha value is -1.86. The number of para-hydroxylation sites is 2. The van der Waals surface area contributed by atoms with E-state index in [0.717, 1.165) is 29.9 Å². The van der Waals surface area contributed by atoms with E-state index in [4.69, 9.17) is 4.98 Å². The van der Waals surface area contributed by atoms with Gasteiger partial charge in [0.1, 0.15) is 5.82 Å². The summed E-state index contributed by atoms with van der Waals surface area (Å²) in [5.41, 5.74) is 2.18. The van der Waals surface area contributed by atoms with Gasteiger partial charge in [0, 0.05) is 6.54 Å². The second-order valence-corrected chi connectivity index (χ2v) is 6.37. The first kappa shape index (κ1) is 15.1. The summed E-state index contributed by atoms with van der Waals surface area (Å²) in [6.45, 7) is 7.24. The Balaban J connectivity index is 1.99. The number of aromatic nitrogens is 2. The van der Waals surface area contributed by atoms with Crippen LogP contribution in [0.15, 0.2) is 24.3 Å². The molecule has 1 saturated heterocycles. The first-order valence-electron chi connectivity index (χ1n) is 8.29. The minimum atomic E-state index is -0.00934. The summed E-state index contributed by atoms with van der Waals surface area (Å²) in [7, 11) is 0. The zero-order chi connectivity index (χ0) is 15.5. The van der Waals surface area contributed by atoms with Crippen molar-refractivity contribution in [2.24, 2.45) is 5.92 Å². The molecule has 4 heteroatoms. The highest BCUT2D eigenvalue weighted by atomic mass is 15.2. The third-order valence-corrected chi connectivity index (χ3v) is 4.67. The Morgan fingerprint density at radius 1 is 1.18 bits per heavy atom. The van der Waals surface area contributed by atoms with Crippen molar-refractivity contribution in [3.8, 4) is 6.07 Å². The van der Waals surface area contributed by atoms with Gasteiger partial charge in [-0.25, -0.2) is 4.98 Å². The third kappa shape index (κ3) is 2.86. The summed E-state index contributed by atoms with van der Waals surface area (Å²) >= 11 is 0. The van der Waals surface area contributed by atoms with E-state index in [-0.39, 0.29) is 5.92 Å². The predicted octanol–water partition coefficient (Wildman–Crippen LogP) is 3.74. The number of rotatable bonds is 4. The van der Waals surface area contributed by atoms with E-state index in [1.54, 1.807) is 0 Å². The Labute approximate surface area is 132 Å². The molecule has 1 aliphatic rings. The van der Waals surface area contributed by atoms with Crippen molar-refractivity contribution in [3.63, 3.8) is 0 Å². The molecule has 0 amide bonds. The Morgan fingerprint density at radius 3 is 2.64 bits per heavy atom. The molecule has 0 spiro atoms. The van der Waals surface area contributed by atoms with E-state index in [9.17, 15) is 5.26 Å². The maximum atomic E-state index is 9.19. The van der Waals surface area contributed by atoms with Crippen LogP contribution in [-0.4, -0.2) is 27.5 Å². The van der Waals surface area contributed by atoms with E-state index in [1.165, 1.54) is 19.3 Å². The van der Waals surface area contributed by atoms with Crippen LogP contribution < -0.4 is 0 Å². The van der Waals surface area contributed by atoms with Gasteiger partial charge in [-0.15, -0.1) is 0 Å². The molecule has 0 saturated carbocycles. The molecular formula is C18H24N4. The average Bonchev–Trinajstić information content (AvgIpc) is 2.93. The number of hydrogen-bond acceptors (Lipinski definition) is 3. The van der Waals surface area contributed by atoms with Gasteiger partial charge in [-0.1, -0.05) is 18.6 Å². The van der Waals surface area contributed by atoms with Crippen molar-refractivity contribution in [1.82, 2.24) is 14.5 Å². The molecule has 2 heterocycles. The molecule has 4 nitrogen and oxygen atoms in total. The summed E-state index contributed by atoms with van der Waals surface area (Å²) in [5, 5.41) is 9.19. The van der Waals surface area contributed by atoms with Crippen LogP contribution in [0.4, 0.5) is 0 Å². The van der Waals surface area contributed by atoms with Gasteiger partial charge >= 0.3 is 0 Å². The Bertz CT molecular complexity index is 676. The number of imidazole rings is 1. The van der Waals surface area contributed by atoms with Gasteiger partial charge in [-0.05, 0) is 51.9 Å². The molecule has 1 aromatic heterocycles. The molecular weight excluding hydrogens is 272 g/mol. The Kier molecular flexibility index (Phi) is 4.44. The zero-order valence-corrected chi connectivity index (χ0v) is 13.5. The summed E-state index contributed by atoms with van der Waals surface area (Å²) in [6, 6.07) is 10.9. The molecule has 1 fully saturated rings. The van der Waals surface area contributed by atoms with Gasteiger partial charge in [0.2, 0.25) is 0 Å². The second kappa shape index (κ2) is 6.50. The molecule has 2 atom stereocenters. The lowest BCUT2D eigenvalue weighted by molar-refractivity contribution is 0.165. The zero-order valence-electron chi connectivity index (χ0n) is 13.5. The first-order chi connectivity index (χ1) is 10.7. The molecule has 0 aliphatic carbocycles. The molecule has 116 valence electrons. The van der Waals surface area contributed by atoms with E-state index in [1.807, 2.05) is 19.1 Å². The quantitative estimate of drug-likeness (QED) is 0.863. The highest BCUT2D eigenvalue weighted by molar-refractivity contribution is 5.76. The van der Waals surface area contributed by atoms with Gasteiger partial charge in [0.25, 0.3) is 0 Å². The first-order valence-corrected chi connectivity index (χ1v) is 8.29. The topological polar surface area (TPSA) is 44.9 Å². The minimum absolute atomic E-state index is 0.00934. The van der Waals surface area contributed by atoms with Crippen molar-refractivity contribution < 1.29 is 0 Å². The number of benzene rings is 1. The van der Waals surface area contributed by atoms with Crippen molar-refractivity contribution in [1.29, 1.82) is 5.26 Å². The van der Waals surface area contributed by atoms with Gasteiger partial charge in [-0.3, -0.25) is 4.90 Å². The minimum Gasteiger partial charge on any atom is -0.325 e. The summed E-state index contributed by atoms with van der Waals surface area (Å²) in [6.07, 6.45) is 3.89. The molecule has 1 aromatic carbocycles. The van der Waals surface area contributed by atoms with Crippen LogP contribution in [0.3, 0.4) is 0 Å². The van der Waals surface area contributed by atoms with E-state index in [2.05, 4.69) is 34.6 Å². The monoisotopic (exact) mass is 296 g/mol. The number of nitriles is 1. The van der Waals surface area contributed by atoms with Crippen LogP contribution in [0.5, 0.6) is 0 Å². The fraction of sp³-hybridized carbons (Fsp3) is 0.556. The second-order valence-electron chi connectivity index (χ2n) is 6.37. The number of piperidine rings is 1. The van der Waals surface area contributed by atoms with Crippen LogP contribution in [0.2, 0.25) is 0 Å². The fourth-order valence-electron chi connectivity index (χ4n) is 3.39. The number of nitrogens with zero attached hydrogens (tertiary/aromatic N) is 4. The summed E-state index contributed by atoms with van der Waals surface area (Å²) in [4.78, 5) is 7.41. The van der Waals surface area contributed by atoms with Gasteiger partial charge < -0.3 is 4.57 Å².